The van der Waals surface area contributed by atoms with Gasteiger partial charge in [0.25, 0.3) is 0 Å². The Bertz CT molecular complexity index is 695. The first-order valence-electron chi connectivity index (χ1n) is 6.89. The molecule has 0 amide bonds. The lowest BCUT2D eigenvalue weighted by atomic mass is 9.88. The average molecular weight is 332 g/mol. The van der Waals surface area contributed by atoms with Gasteiger partial charge >= 0.3 is 12.4 Å². The minimum atomic E-state index is -4.64. The zero-order valence-corrected chi connectivity index (χ0v) is 12.4. The molecular formula is C17H14F6. The summed E-state index contributed by atoms with van der Waals surface area (Å²) in [6, 6.07) is 7.61. The van der Waals surface area contributed by atoms with Gasteiger partial charge in [0.05, 0.1) is 11.1 Å². The van der Waals surface area contributed by atoms with Gasteiger partial charge in [-0.25, -0.2) is 0 Å². The summed E-state index contributed by atoms with van der Waals surface area (Å²) in [4.78, 5) is 0. The van der Waals surface area contributed by atoms with Gasteiger partial charge in [-0.1, -0.05) is 38.1 Å². The van der Waals surface area contributed by atoms with E-state index in [9.17, 15) is 26.3 Å². The zero-order valence-electron chi connectivity index (χ0n) is 12.4. The second kappa shape index (κ2) is 5.91. The molecule has 2 rings (SSSR count). The highest BCUT2D eigenvalue weighted by atomic mass is 19.4. The monoisotopic (exact) mass is 332 g/mol. The molecule has 0 atom stereocenters. The molecule has 0 saturated carbocycles. The Kier molecular flexibility index (Phi) is 4.46. The van der Waals surface area contributed by atoms with E-state index in [1.54, 1.807) is 13.8 Å². The molecule has 0 radical (unpaired) electrons. The third-order valence-electron chi connectivity index (χ3n) is 3.53. The van der Waals surface area contributed by atoms with Crippen molar-refractivity contribution in [2.75, 3.05) is 0 Å². The summed E-state index contributed by atoms with van der Waals surface area (Å²) in [6.45, 7) is 3.45. The number of hydrogen-bond donors (Lipinski definition) is 0. The van der Waals surface area contributed by atoms with Gasteiger partial charge in [-0.15, -0.1) is 0 Å². The minimum Gasteiger partial charge on any atom is -0.166 e. The van der Waals surface area contributed by atoms with E-state index in [0.717, 1.165) is 18.2 Å². The molecule has 0 aliphatic heterocycles. The predicted molar refractivity (Wildman–Crippen MR) is 76.0 cm³/mol. The Morgan fingerprint density at radius 2 is 1.35 bits per heavy atom. The van der Waals surface area contributed by atoms with Gasteiger partial charge in [0, 0.05) is 0 Å². The maximum Gasteiger partial charge on any atom is 0.417 e. The van der Waals surface area contributed by atoms with Crippen LogP contribution in [0, 0.1) is 0 Å². The van der Waals surface area contributed by atoms with E-state index in [2.05, 4.69) is 0 Å². The van der Waals surface area contributed by atoms with Crippen molar-refractivity contribution in [3.8, 4) is 11.1 Å². The Morgan fingerprint density at radius 3 is 1.87 bits per heavy atom. The number of hydrogen-bond acceptors (Lipinski definition) is 0. The number of halogens is 6. The van der Waals surface area contributed by atoms with Gasteiger partial charge in [0.1, 0.15) is 0 Å². The van der Waals surface area contributed by atoms with Gasteiger partial charge in [-0.3, -0.25) is 0 Å². The van der Waals surface area contributed by atoms with Crippen LogP contribution in [0.4, 0.5) is 26.3 Å². The first-order valence-corrected chi connectivity index (χ1v) is 6.89. The molecule has 6 heteroatoms. The maximum absolute atomic E-state index is 13.2. The molecule has 0 aliphatic rings. The zero-order chi connectivity index (χ0) is 17.4. The topological polar surface area (TPSA) is 0 Å². The van der Waals surface area contributed by atoms with Gasteiger partial charge < -0.3 is 0 Å². The van der Waals surface area contributed by atoms with E-state index in [4.69, 9.17) is 0 Å². The Balaban J connectivity index is 2.76. The van der Waals surface area contributed by atoms with Crippen molar-refractivity contribution in [2.45, 2.75) is 32.1 Å². The van der Waals surface area contributed by atoms with Crippen LogP contribution in [0.1, 0.15) is 36.5 Å². The third-order valence-corrected chi connectivity index (χ3v) is 3.53. The van der Waals surface area contributed by atoms with E-state index in [1.165, 1.54) is 24.3 Å². The minimum absolute atomic E-state index is 0.0391. The van der Waals surface area contributed by atoms with Crippen LogP contribution >= 0.6 is 0 Å². The standard InChI is InChI=1S/C17H14F6/c1-10(2)12-8-7-11(16(18,19)20)9-14(12)13-5-3-4-6-15(13)17(21,22)23/h3-10H,1-2H3. The quantitative estimate of drug-likeness (QED) is 0.550. The molecule has 23 heavy (non-hydrogen) atoms. The van der Waals surface area contributed by atoms with Crippen LogP contribution < -0.4 is 0 Å². The Morgan fingerprint density at radius 1 is 0.739 bits per heavy atom. The summed E-state index contributed by atoms with van der Waals surface area (Å²) in [6.07, 6.45) is -9.25. The molecule has 2 aromatic rings. The normalized spacial score (nSPS) is 12.7. The molecule has 0 unspecified atom stereocenters. The summed E-state index contributed by atoms with van der Waals surface area (Å²) in [5.41, 5.74) is -1.75. The fourth-order valence-corrected chi connectivity index (χ4v) is 2.43. The second-order valence-electron chi connectivity index (χ2n) is 5.50. The molecular weight excluding hydrogens is 318 g/mol. The van der Waals surface area contributed by atoms with Crippen molar-refractivity contribution in [1.29, 1.82) is 0 Å². The average Bonchev–Trinajstić information content (AvgIpc) is 2.44. The maximum atomic E-state index is 13.2. The smallest absolute Gasteiger partial charge is 0.166 e. The highest BCUT2D eigenvalue weighted by Crippen LogP contribution is 2.41. The molecule has 2 aromatic carbocycles. The molecule has 0 bridgehead atoms. The lowest BCUT2D eigenvalue weighted by Crippen LogP contribution is -2.10. The van der Waals surface area contributed by atoms with E-state index < -0.39 is 23.5 Å². The number of rotatable bonds is 2. The van der Waals surface area contributed by atoms with Crippen molar-refractivity contribution < 1.29 is 26.3 Å². The molecule has 0 saturated heterocycles. The number of benzene rings is 2. The van der Waals surface area contributed by atoms with Crippen LogP contribution in [0.5, 0.6) is 0 Å². The van der Waals surface area contributed by atoms with E-state index in [-0.39, 0.29) is 17.0 Å². The number of alkyl halides is 6. The summed E-state index contributed by atoms with van der Waals surface area (Å²) in [7, 11) is 0. The predicted octanol–water partition coefficient (Wildman–Crippen LogP) is 6.51. The van der Waals surface area contributed by atoms with Crippen LogP contribution in [0.3, 0.4) is 0 Å². The van der Waals surface area contributed by atoms with Gasteiger partial charge in [0.15, 0.2) is 0 Å². The fraction of sp³-hybridized carbons (Fsp3) is 0.294. The van der Waals surface area contributed by atoms with Crippen LogP contribution in [0.15, 0.2) is 42.5 Å². The van der Waals surface area contributed by atoms with Crippen molar-refractivity contribution in [3.63, 3.8) is 0 Å². The third kappa shape index (κ3) is 3.68. The molecule has 124 valence electrons. The SMILES string of the molecule is CC(C)c1ccc(C(F)(F)F)cc1-c1ccccc1C(F)(F)F. The van der Waals surface area contributed by atoms with Crippen LogP contribution in [-0.4, -0.2) is 0 Å². The van der Waals surface area contributed by atoms with Crippen molar-refractivity contribution in [3.05, 3.63) is 59.2 Å². The van der Waals surface area contributed by atoms with E-state index >= 15 is 0 Å². The lowest BCUT2D eigenvalue weighted by molar-refractivity contribution is -0.137. The van der Waals surface area contributed by atoms with Crippen LogP contribution in [-0.2, 0) is 12.4 Å². The fourth-order valence-electron chi connectivity index (χ4n) is 2.43. The highest BCUT2D eigenvalue weighted by Gasteiger charge is 2.35. The highest BCUT2D eigenvalue weighted by molar-refractivity contribution is 5.72. The Labute approximate surface area is 129 Å². The van der Waals surface area contributed by atoms with Crippen LogP contribution in [0.2, 0.25) is 0 Å². The molecule has 0 heterocycles. The van der Waals surface area contributed by atoms with Gasteiger partial charge in [0.2, 0.25) is 0 Å². The Hall–Kier alpha value is -1.98. The summed E-state index contributed by atoms with van der Waals surface area (Å²) >= 11 is 0. The molecule has 0 aromatic heterocycles. The lowest BCUT2D eigenvalue weighted by Gasteiger charge is -2.19. The van der Waals surface area contributed by atoms with Crippen molar-refractivity contribution in [2.24, 2.45) is 0 Å². The largest absolute Gasteiger partial charge is 0.417 e. The molecule has 0 spiro atoms. The van der Waals surface area contributed by atoms with Crippen molar-refractivity contribution in [1.82, 2.24) is 0 Å². The van der Waals surface area contributed by atoms with E-state index in [0.29, 0.717) is 5.56 Å². The summed E-state index contributed by atoms with van der Waals surface area (Å²) < 4.78 is 78.3. The van der Waals surface area contributed by atoms with Gasteiger partial charge in [-0.2, -0.15) is 26.3 Å². The second-order valence-corrected chi connectivity index (χ2v) is 5.50. The summed E-state index contributed by atoms with van der Waals surface area (Å²) in [5.74, 6) is -0.214. The molecule has 0 aliphatic carbocycles. The first kappa shape index (κ1) is 17.4. The molecule has 0 nitrogen and oxygen atoms in total. The molecule has 0 N–H and O–H groups in total. The first-order chi connectivity index (χ1) is 10.5. The van der Waals surface area contributed by atoms with Crippen LogP contribution in [0.25, 0.3) is 11.1 Å². The van der Waals surface area contributed by atoms with Gasteiger partial charge in [-0.05, 0) is 40.8 Å². The van der Waals surface area contributed by atoms with Crippen molar-refractivity contribution >= 4 is 0 Å². The van der Waals surface area contributed by atoms with E-state index in [1.807, 2.05) is 0 Å². The molecule has 0 fully saturated rings. The summed E-state index contributed by atoms with van der Waals surface area (Å²) in [5, 5.41) is 0.